The van der Waals surface area contributed by atoms with Crippen LogP contribution < -0.4 is 0 Å². The molecule has 2 rings (SSSR count). The number of fused-ring (bicyclic) bond motifs is 1. The van der Waals surface area contributed by atoms with Crippen molar-refractivity contribution in [2.24, 2.45) is 11.8 Å². The highest BCUT2D eigenvalue weighted by Gasteiger charge is 2.44. The van der Waals surface area contributed by atoms with E-state index in [1.54, 1.807) is 0 Å². The van der Waals surface area contributed by atoms with Gasteiger partial charge in [0, 0.05) is 31.6 Å². The van der Waals surface area contributed by atoms with Gasteiger partial charge in [-0.05, 0) is 52.4 Å². The van der Waals surface area contributed by atoms with Gasteiger partial charge >= 0.3 is 11.9 Å². The van der Waals surface area contributed by atoms with E-state index in [2.05, 4.69) is 26.8 Å². The molecule has 2 aliphatic rings. The van der Waals surface area contributed by atoms with Crippen molar-refractivity contribution in [3.63, 3.8) is 0 Å². The largest absolute Gasteiger partial charge is 0.461 e. The quantitative estimate of drug-likeness (QED) is 0.426. The first-order chi connectivity index (χ1) is 15.0. The summed E-state index contributed by atoms with van der Waals surface area (Å²) in [6.45, 7) is 11.8. The molecule has 6 nitrogen and oxygen atoms in total. The Kier molecular flexibility index (Phi) is 9.93. The van der Waals surface area contributed by atoms with Gasteiger partial charge in [0.1, 0.15) is 18.0 Å². The number of carbonyl (C=O) groups excluding carboxylic acids is 3. The average molecular weight is 451 g/mol. The normalized spacial score (nSPS) is 37.1. The zero-order valence-electron chi connectivity index (χ0n) is 20.8. The van der Waals surface area contributed by atoms with Crippen molar-refractivity contribution in [1.29, 1.82) is 0 Å². The monoisotopic (exact) mass is 450 g/mol. The summed E-state index contributed by atoms with van der Waals surface area (Å²) in [6.07, 6.45) is 6.77. The summed E-state index contributed by atoms with van der Waals surface area (Å²) in [6, 6.07) is 0. The smallest absolute Gasteiger partial charge is 0.306 e. The molecule has 0 aromatic heterocycles. The third-order valence-electron chi connectivity index (χ3n) is 6.63. The Hall–Kier alpha value is -1.69. The van der Waals surface area contributed by atoms with Crippen LogP contribution in [0.25, 0.3) is 0 Å². The van der Waals surface area contributed by atoms with Crippen LogP contribution in [0.15, 0.2) is 11.6 Å². The van der Waals surface area contributed by atoms with Gasteiger partial charge in [-0.3, -0.25) is 14.4 Å². The molecule has 2 heterocycles. The number of cyclic esters (lactones) is 1. The Labute approximate surface area is 193 Å². The van der Waals surface area contributed by atoms with Crippen LogP contribution in [0.4, 0.5) is 0 Å². The molecular formula is C26H42O6. The number of rotatable bonds is 4. The highest BCUT2D eigenvalue weighted by Crippen LogP contribution is 2.38. The van der Waals surface area contributed by atoms with E-state index in [1.165, 1.54) is 6.92 Å². The van der Waals surface area contributed by atoms with Crippen LogP contribution in [0.3, 0.4) is 0 Å². The van der Waals surface area contributed by atoms with Gasteiger partial charge in [0.05, 0.1) is 11.7 Å². The van der Waals surface area contributed by atoms with Crippen LogP contribution in [-0.2, 0) is 28.6 Å². The zero-order valence-corrected chi connectivity index (χ0v) is 20.8. The maximum absolute atomic E-state index is 12.6. The number of ketones is 1. The molecule has 0 aliphatic carbocycles. The van der Waals surface area contributed by atoms with Gasteiger partial charge in [-0.25, -0.2) is 0 Å². The van der Waals surface area contributed by atoms with Crippen molar-refractivity contribution in [1.82, 2.24) is 0 Å². The van der Waals surface area contributed by atoms with Crippen molar-refractivity contribution >= 4 is 17.7 Å². The fourth-order valence-corrected chi connectivity index (χ4v) is 4.92. The summed E-state index contributed by atoms with van der Waals surface area (Å²) in [5.41, 5.74) is 0.888. The highest BCUT2D eigenvalue weighted by atomic mass is 16.6. The first kappa shape index (κ1) is 26.6. The molecule has 1 saturated heterocycles. The van der Waals surface area contributed by atoms with Crippen molar-refractivity contribution in [3.05, 3.63) is 11.6 Å². The number of allylic oxidation sites excluding steroid dienone is 1. The van der Waals surface area contributed by atoms with Gasteiger partial charge in [0.25, 0.3) is 0 Å². The van der Waals surface area contributed by atoms with E-state index >= 15 is 0 Å². The molecule has 6 heteroatoms. The number of hydrogen-bond donors (Lipinski definition) is 0. The molecule has 0 saturated carbocycles. The highest BCUT2D eigenvalue weighted by molar-refractivity contribution is 5.77. The minimum atomic E-state index is -0.469. The lowest BCUT2D eigenvalue weighted by atomic mass is 9.93. The molecule has 0 aromatic rings. The van der Waals surface area contributed by atoms with Crippen LogP contribution in [-0.4, -0.2) is 41.6 Å². The Bertz CT molecular complexity index is 698. The van der Waals surface area contributed by atoms with E-state index in [-0.39, 0.29) is 66.6 Å². The van der Waals surface area contributed by atoms with Crippen LogP contribution >= 0.6 is 0 Å². The third-order valence-corrected chi connectivity index (χ3v) is 6.63. The summed E-state index contributed by atoms with van der Waals surface area (Å²) in [4.78, 5) is 36.8. The molecule has 6 atom stereocenters. The van der Waals surface area contributed by atoms with E-state index in [0.29, 0.717) is 6.42 Å². The maximum atomic E-state index is 12.6. The van der Waals surface area contributed by atoms with Crippen molar-refractivity contribution in [3.8, 4) is 0 Å². The Morgan fingerprint density at radius 2 is 1.81 bits per heavy atom. The number of hydrogen-bond acceptors (Lipinski definition) is 6. The Morgan fingerprint density at radius 3 is 2.47 bits per heavy atom. The molecule has 0 amide bonds. The van der Waals surface area contributed by atoms with Gasteiger partial charge in [0.2, 0.25) is 0 Å². The molecule has 32 heavy (non-hydrogen) atoms. The first-order valence-electron chi connectivity index (χ1n) is 12.2. The van der Waals surface area contributed by atoms with E-state index < -0.39 is 6.10 Å². The molecular weight excluding hydrogens is 408 g/mol. The fourth-order valence-electron chi connectivity index (χ4n) is 4.92. The van der Waals surface area contributed by atoms with Gasteiger partial charge in [-0.1, -0.05) is 38.8 Å². The van der Waals surface area contributed by atoms with E-state index in [0.717, 1.165) is 37.7 Å². The molecule has 0 spiro atoms. The number of esters is 2. The molecule has 0 unspecified atom stereocenters. The number of Topliss-reactive ketones (excluding diaryl/α,β-unsaturated/α-hetero) is 1. The zero-order chi connectivity index (χ0) is 23.9. The van der Waals surface area contributed by atoms with Crippen LogP contribution in [0, 0.1) is 11.8 Å². The summed E-state index contributed by atoms with van der Waals surface area (Å²) in [5.74, 6) is -0.610. The topological polar surface area (TPSA) is 78.9 Å². The van der Waals surface area contributed by atoms with Gasteiger partial charge in [0.15, 0.2) is 0 Å². The fraction of sp³-hybridized carbons (Fsp3) is 0.808. The van der Waals surface area contributed by atoms with Crippen molar-refractivity contribution < 1.29 is 28.6 Å². The van der Waals surface area contributed by atoms with E-state index in [1.807, 2.05) is 13.8 Å². The second kappa shape index (κ2) is 12.0. The molecule has 0 N–H and O–H groups in total. The van der Waals surface area contributed by atoms with Crippen LogP contribution in [0.5, 0.6) is 0 Å². The third kappa shape index (κ3) is 8.34. The lowest BCUT2D eigenvalue weighted by molar-refractivity contribution is -0.155. The number of carbonyl (C=O) groups is 3. The van der Waals surface area contributed by atoms with Crippen molar-refractivity contribution in [2.75, 3.05) is 0 Å². The first-order valence-corrected chi connectivity index (χ1v) is 12.2. The lowest BCUT2D eigenvalue weighted by Crippen LogP contribution is -2.29. The maximum Gasteiger partial charge on any atom is 0.306 e. The minimum absolute atomic E-state index is 0.00306. The lowest BCUT2D eigenvalue weighted by Gasteiger charge is -2.24. The Morgan fingerprint density at radius 1 is 1.09 bits per heavy atom. The molecule has 1 fully saturated rings. The summed E-state index contributed by atoms with van der Waals surface area (Å²) < 4.78 is 18.0. The van der Waals surface area contributed by atoms with Crippen molar-refractivity contribution in [2.45, 2.75) is 123 Å². The molecule has 182 valence electrons. The van der Waals surface area contributed by atoms with Crippen LogP contribution in [0.1, 0.15) is 99.3 Å². The van der Waals surface area contributed by atoms with Gasteiger partial charge in [-0.15, -0.1) is 0 Å². The second-order valence-electron chi connectivity index (χ2n) is 10.3. The molecule has 0 bridgehead atoms. The summed E-state index contributed by atoms with van der Waals surface area (Å²) >= 11 is 0. The SMILES string of the molecule is CCC[C@]1(C)C[C@H]2OC(=O)CC[C@H](C)CC(=O)O[C@@H](CC(C)=O)[C@H](C)/C=C(\C)CC[C@@H]2O1. The average Bonchev–Trinajstić information content (AvgIpc) is 2.98. The summed E-state index contributed by atoms with van der Waals surface area (Å²) in [5, 5.41) is 0. The summed E-state index contributed by atoms with van der Waals surface area (Å²) in [7, 11) is 0. The molecule has 2 aliphatic heterocycles. The Balaban J connectivity index is 2.22. The van der Waals surface area contributed by atoms with E-state index in [4.69, 9.17) is 14.2 Å². The van der Waals surface area contributed by atoms with Gasteiger partial charge < -0.3 is 14.2 Å². The molecule has 0 radical (unpaired) electrons. The minimum Gasteiger partial charge on any atom is -0.461 e. The number of ether oxygens (including phenoxy) is 3. The predicted molar refractivity (Wildman–Crippen MR) is 123 cm³/mol. The van der Waals surface area contributed by atoms with Crippen LogP contribution in [0.2, 0.25) is 0 Å². The van der Waals surface area contributed by atoms with E-state index in [9.17, 15) is 14.4 Å². The second-order valence-corrected chi connectivity index (χ2v) is 10.3. The molecule has 0 aromatic carbocycles. The predicted octanol–water partition coefficient (Wildman–Crippen LogP) is 5.32. The standard InChI is InChI=1S/C26H42O6/c1-7-12-26(6)16-23-21(32-26)10-8-17(2)13-19(4)22(15-20(5)27)30-25(29)14-18(3)9-11-24(28)31-23/h13,18-19,21-23H,7-12,14-16H2,1-6H3/b17-13+/t18-,19+,21-,22-,23+,26+/m0/s1. The van der Waals surface area contributed by atoms with Gasteiger partial charge in [-0.2, -0.15) is 0 Å².